The van der Waals surface area contributed by atoms with Crippen LogP contribution in [0.15, 0.2) is 48.7 Å². The maximum Gasteiger partial charge on any atom is 0.213 e. The number of carbonyl (C=O) groups excluding carboxylic acids is 1. The summed E-state index contributed by atoms with van der Waals surface area (Å²) in [6, 6.07) is 12.7. The van der Waals surface area contributed by atoms with Crippen molar-refractivity contribution < 1.29 is 17.9 Å². The molecule has 1 aromatic carbocycles. The van der Waals surface area contributed by atoms with Gasteiger partial charge in [-0.1, -0.05) is 38.1 Å². The Morgan fingerprint density at radius 3 is 2.40 bits per heavy atom. The second-order valence-corrected chi connectivity index (χ2v) is 9.03. The minimum absolute atomic E-state index is 0.0505. The van der Waals surface area contributed by atoms with Gasteiger partial charge in [0.05, 0.1) is 30.9 Å². The quantitative estimate of drug-likeness (QED) is 0.554. The SMILES string of the molecule is COc1ccc(-n2nc(C(=O)C(C)C)cc2-c2ccc(CNS(C)(=O)=O)cc2)cn1. The molecule has 0 saturated heterocycles. The second kappa shape index (κ2) is 8.76. The highest BCUT2D eigenvalue weighted by Crippen LogP contribution is 2.26. The van der Waals surface area contributed by atoms with Gasteiger partial charge in [-0.3, -0.25) is 4.79 Å². The fourth-order valence-corrected chi connectivity index (χ4v) is 3.25. The normalized spacial score (nSPS) is 11.6. The second-order valence-electron chi connectivity index (χ2n) is 7.19. The number of benzene rings is 1. The Hall–Kier alpha value is -3.04. The highest BCUT2D eigenvalue weighted by atomic mass is 32.2. The third kappa shape index (κ3) is 5.11. The van der Waals surface area contributed by atoms with Gasteiger partial charge < -0.3 is 4.74 Å². The van der Waals surface area contributed by atoms with E-state index in [4.69, 9.17) is 4.74 Å². The van der Waals surface area contributed by atoms with Crippen LogP contribution in [0.4, 0.5) is 0 Å². The molecular weight excluding hydrogens is 404 g/mol. The van der Waals surface area contributed by atoms with Crippen LogP contribution in [0.25, 0.3) is 16.9 Å². The lowest BCUT2D eigenvalue weighted by Crippen LogP contribution is -2.21. The molecule has 8 nitrogen and oxygen atoms in total. The number of nitrogens with one attached hydrogen (secondary N) is 1. The summed E-state index contributed by atoms with van der Waals surface area (Å²) in [6.45, 7) is 3.87. The molecule has 0 aliphatic carbocycles. The number of hydrogen-bond acceptors (Lipinski definition) is 6. The van der Waals surface area contributed by atoms with E-state index in [-0.39, 0.29) is 18.2 Å². The summed E-state index contributed by atoms with van der Waals surface area (Å²) in [5.74, 6) is 0.249. The molecular formula is C21H24N4O4S. The minimum Gasteiger partial charge on any atom is -0.481 e. The first-order chi connectivity index (χ1) is 14.2. The van der Waals surface area contributed by atoms with Crippen LogP contribution in [0.2, 0.25) is 0 Å². The van der Waals surface area contributed by atoms with E-state index in [9.17, 15) is 13.2 Å². The number of methoxy groups -OCH3 is 1. The Morgan fingerprint density at radius 1 is 1.17 bits per heavy atom. The first-order valence-electron chi connectivity index (χ1n) is 9.36. The average Bonchev–Trinajstić information content (AvgIpc) is 3.17. The van der Waals surface area contributed by atoms with Gasteiger partial charge in [-0.2, -0.15) is 5.10 Å². The molecule has 0 fully saturated rings. The monoisotopic (exact) mass is 428 g/mol. The van der Waals surface area contributed by atoms with E-state index in [1.165, 1.54) is 0 Å². The molecule has 0 unspecified atom stereocenters. The van der Waals surface area contributed by atoms with E-state index >= 15 is 0 Å². The van der Waals surface area contributed by atoms with Crippen molar-refractivity contribution in [3.8, 4) is 22.8 Å². The summed E-state index contributed by atoms with van der Waals surface area (Å²) < 4.78 is 31.8. The van der Waals surface area contributed by atoms with Crippen molar-refractivity contribution in [1.29, 1.82) is 0 Å². The lowest BCUT2D eigenvalue weighted by molar-refractivity contribution is 0.0934. The lowest BCUT2D eigenvalue weighted by atomic mass is 10.0. The van der Waals surface area contributed by atoms with Crippen LogP contribution < -0.4 is 9.46 Å². The first kappa shape index (κ1) is 21.7. The Bertz CT molecular complexity index is 1130. The van der Waals surface area contributed by atoms with Gasteiger partial charge in [0, 0.05) is 24.1 Å². The van der Waals surface area contributed by atoms with E-state index in [2.05, 4.69) is 14.8 Å². The van der Waals surface area contributed by atoms with E-state index in [1.807, 2.05) is 44.2 Å². The third-order valence-corrected chi connectivity index (χ3v) is 5.12. The van der Waals surface area contributed by atoms with Gasteiger partial charge in [-0.25, -0.2) is 22.8 Å². The molecule has 158 valence electrons. The van der Waals surface area contributed by atoms with Crippen molar-refractivity contribution in [2.45, 2.75) is 20.4 Å². The van der Waals surface area contributed by atoms with Crippen LogP contribution in [-0.2, 0) is 16.6 Å². The zero-order valence-corrected chi connectivity index (χ0v) is 18.1. The number of ketones is 1. The van der Waals surface area contributed by atoms with Crippen LogP contribution in [0, 0.1) is 5.92 Å². The Balaban J connectivity index is 2.00. The van der Waals surface area contributed by atoms with Gasteiger partial charge in [0.1, 0.15) is 5.69 Å². The van der Waals surface area contributed by atoms with Crippen molar-refractivity contribution in [2.24, 2.45) is 5.92 Å². The highest BCUT2D eigenvalue weighted by molar-refractivity contribution is 7.88. The van der Waals surface area contributed by atoms with Crippen molar-refractivity contribution in [1.82, 2.24) is 19.5 Å². The lowest BCUT2D eigenvalue weighted by Gasteiger charge is -2.09. The van der Waals surface area contributed by atoms with Crippen LogP contribution in [-0.4, -0.2) is 42.3 Å². The summed E-state index contributed by atoms with van der Waals surface area (Å²) in [7, 11) is -1.72. The molecule has 0 aliphatic rings. The zero-order chi connectivity index (χ0) is 21.9. The molecule has 0 amide bonds. The number of hydrogen-bond donors (Lipinski definition) is 1. The number of ether oxygens (including phenoxy) is 1. The maximum atomic E-state index is 12.5. The zero-order valence-electron chi connectivity index (χ0n) is 17.3. The van der Waals surface area contributed by atoms with E-state index in [1.54, 1.807) is 30.1 Å². The summed E-state index contributed by atoms with van der Waals surface area (Å²) in [5.41, 5.74) is 3.45. The van der Waals surface area contributed by atoms with Crippen molar-refractivity contribution >= 4 is 15.8 Å². The van der Waals surface area contributed by atoms with E-state index < -0.39 is 10.0 Å². The van der Waals surface area contributed by atoms with Crippen molar-refractivity contribution in [2.75, 3.05) is 13.4 Å². The smallest absolute Gasteiger partial charge is 0.213 e. The average molecular weight is 429 g/mol. The molecule has 1 N–H and O–H groups in total. The standard InChI is InChI=1S/C21H24N4O4S/c1-14(2)21(26)18-11-19(25(24-18)17-9-10-20(29-3)22-13-17)16-7-5-15(6-8-16)12-23-30(4,27)28/h5-11,13-14,23H,12H2,1-4H3. The van der Waals surface area contributed by atoms with Gasteiger partial charge in [0.25, 0.3) is 0 Å². The number of aromatic nitrogens is 3. The molecule has 3 rings (SSSR count). The number of nitrogens with zero attached hydrogens (tertiary/aromatic N) is 3. The molecule has 0 saturated carbocycles. The Morgan fingerprint density at radius 2 is 1.87 bits per heavy atom. The molecule has 2 heterocycles. The largest absolute Gasteiger partial charge is 0.481 e. The number of rotatable bonds is 8. The van der Waals surface area contributed by atoms with Gasteiger partial charge in [-0.15, -0.1) is 0 Å². The number of Topliss-reactive ketones (excluding diaryl/α,β-unsaturated/α-hetero) is 1. The predicted octanol–water partition coefficient (Wildman–Crippen LogP) is 2.83. The molecule has 3 aromatic rings. The highest BCUT2D eigenvalue weighted by Gasteiger charge is 2.19. The molecule has 30 heavy (non-hydrogen) atoms. The summed E-state index contributed by atoms with van der Waals surface area (Å²) >= 11 is 0. The van der Waals surface area contributed by atoms with Gasteiger partial charge in [0.2, 0.25) is 15.9 Å². The van der Waals surface area contributed by atoms with Gasteiger partial charge >= 0.3 is 0 Å². The third-order valence-electron chi connectivity index (χ3n) is 4.45. The molecule has 0 atom stereocenters. The molecule has 0 aliphatic heterocycles. The number of pyridine rings is 1. The first-order valence-corrected chi connectivity index (χ1v) is 11.3. The summed E-state index contributed by atoms with van der Waals surface area (Å²) in [5, 5.41) is 4.52. The molecule has 9 heteroatoms. The van der Waals surface area contributed by atoms with Crippen LogP contribution in [0.3, 0.4) is 0 Å². The van der Waals surface area contributed by atoms with E-state index in [0.717, 1.165) is 23.1 Å². The Kier molecular flexibility index (Phi) is 6.33. The van der Waals surface area contributed by atoms with Crippen molar-refractivity contribution in [3.63, 3.8) is 0 Å². The summed E-state index contributed by atoms with van der Waals surface area (Å²) in [4.78, 5) is 16.8. The maximum absolute atomic E-state index is 12.5. The predicted molar refractivity (Wildman–Crippen MR) is 114 cm³/mol. The van der Waals surface area contributed by atoms with Crippen LogP contribution in [0.1, 0.15) is 29.9 Å². The molecule has 0 bridgehead atoms. The number of carbonyl (C=O) groups is 1. The van der Waals surface area contributed by atoms with E-state index in [0.29, 0.717) is 17.3 Å². The van der Waals surface area contributed by atoms with Crippen molar-refractivity contribution in [3.05, 3.63) is 59.9 Å². The molecule has 0 spiro atoms. The number of sulfonamides is 1. The van der Waals surface area contributed by atoms with Gasteiger partial charge in [-0.05, 0) is 17.7 Å². The topological polar surface area (TPSA) is 103 Å². The Labute approximate surface area is 176 Å². The van der Waals surface area contributed by atoms with Gasteiger partial charge in [0.15, 0.2) is 5.78 Å². The molecule has 2 aromatic heterocycles. The van der Waals surface area contributed by atoms with Crippen LogP contribution >= 0.6 is 0 Å². The molecule has 0 radical (unpaired) electrons. The fourth-order valence-electron chi connectivity index (χ4n) is 2.83. The van der Waals surface area contributed by atoms with Crippen LogP contribution in [0.5, 0.6) is 5.88 Å². The fraction of sp³-hybridized carbons (Fsp3) is 0.286. The summed E-state index contributed by atoms with van der Waals surface area (Å²) in [6.07, 6.45) is 2.75. The minimum atomic E-state index is -3.27.